The summed E-state index contributed by atoms with van der Waals surface area (Å²) in [6.45, 7) is 5.14. The molecule has 9 heteroatoms. The number of carbonyl (C=O) groups is 1. The molecule has 3 heterocycles. The summed E-state index contributed by atoms with van der Waals surface area (Å²) in [5.74, 6) is 0.368. The number of nitrogens with zero attached hydrogens (tertiary/aromatic N) is 6. The zero-order valence-electron chi connectivity index (χ0n) is 18.9. The highest BCUT2D eigenvalue weighted by atomic mass is 79.9. The zero-order valence-corrected chi connectivity index (χ0v) is 21.3. The SMILES string of the molecule is Cc1cc(C)nc(SCc2c(C(=O)N3CCc4ccccc4C3)nnn2-c2ccc(Br)cc2)n1. The van der Waals surface area contributed by atoms with Crippen LogP contribution in [0, 0.1) is 13.8 Å². The van der Waals surface area contributed by atoms with E-state index in [0.717, 1.165) is 33.7 Å². The van der Waals surface area contributed by atoms with E-state index in [2.05, 4.69) is 48.3 Å². The lowest BCUT2D eigenvalue weighted by Gasteiger charge is -2.28. The molecule has 0 saturated heterocycles. The Morgan fingerprint density at radius 2 is 1.74 bits per heavy atom. The van der Waals surface area contributed by atoms with Crippen LogP contribution in [0.5, 0.6) is 0 Å². The van der Waals surface area contributed by atoms with Crippen LogP contribution >= 0.6 is 27.7 Å². The van der Waals surface area contributed by atoms with E-state index in [1.807, 2.05) is 61.2 Å². The fourth-order valence-electron chi connectivity index (χ4n) is 4.10. The van der Waals surface area contributed by atoms with E-state index in [1.165, 1.54) is 22.9 Å². The molecule has 4 aromatic rings. The molecule has 0 atom stereocenters. The first-order valence-electron chi connectivity index (χ1n) is 11.0. The van der Waals surface area contributed by atoms with Crippen molar-refractivity contribution in [1.29, 1.82) is 0 Å². The molecule has 1 aliphatic rings. The predicted octanol–water partition coefficient (Wildman–Crippen LogP) is 4.93. The first kappa shape index (κ1) is 22.7. The van der Waals surface area contributed by atoms with E-state index in [0.29, 0.717) is 29.7 Å². The molecule has 0 fully saturated rings. The molecule has 0 unspecified atom stereocenters. The van der Waals surface area contributed by atoms with Gasteiger partial charge in [0.15, 0.2) is 10.9 Å². The number of halogens is 1. The fourth-order valence-corrected chi connectivity index (χ4v) is 5.30. The minimum atomic E-state index is -0.102. The van der Waals surface area contributed by atoms with E-state index >= 15 is 0 Å². The van der Waals surface area contributed by atoms with Gasteiger partial charge < -0.3 is 4.90 Å². The van der Waals surface area contributed by atoms with Gasteiger partial charge in [0.05, 0.1) is 11.4 Å². The van der Waals surface area contributed by atoms with E-state index in [-0.39, 0.29) is 5.91 Å². The van der Waals surface area contributed by atoms with Crippen molar-refractivity contribution in [3.63, 3.8) is 0 Å². The Balaban J connectivity index is 1.48. The maximum atomic E-state index is 13.6. The molecule has 34 heavy (non-hydrogen) atoms. The molecule has 0 saturated carbocycles. The summed E-state index contributed by atoms with van der Waals surface area (Å²) in [5.41, 5.74) is 6.26. The molecule has 0 N–H and O–H groups in total. The molecule has 1 amide bonds. The Labute approximate surface area is 210 Å². The summed E-state index contributed by atoms with van der Waals surface area (Å²) in [6.07, 6.45) is 0.837. The molecule has 1 aliphatic heterocycles. The van der Waals surface area contributed by atoms with Gasteiger partial charge in [0.2, 0.25) is 0 Å². The molecule has 2 aromatic carbocycles. The average molecular weight is 535 g/mol. The van der Waals surface area contributed by atoms with Gasteiger partial charge >= 0.3 is 0 Å². The molecule has 5 rings (SSSR count). The van der Waals surface area contributed by atoms with Crippen molar-refractivity contribution in [2.75, 3.05) is 6.54 Å². The van der Waals surface area contributed by atoms with E-state index in [1.54, 1.807) is 4.68 Å². The van der Waals surface area contributed by atoms with Crippen LogP contribution < -0.4 is 0 Å². The van der Waals surface area contributed by atoms with Gasteiger partial charge in [-0.1, -0.05) is 57.2 Å². The maximum absolute atomic E-state index is 13.6. The van der Waals surface area contributed by atoms with Gasteiger partial charge in [-0.2, -0.15) is 0 Å². The van der Waals surface area contributed by atoms with Crippen molar-refractivity contribution < 1.29 is 4.79 Å². The van der Waals surface area contributed by atoms with Crippen LogP contribution in [-0.4, -0.2) is 42.3 Å². The number of aryl methyl sites for hydroxylation is 2. The summed E-state index contributed by atoms with van der Waals surface area (Å²) in [7, 11) is 0. The first-order valence-corrected chi connectivity index (χ1v) is 12.8. The highest BCUT2D eigenvalue weighted by molar-refractivity contribution is 9.10. The summed E-state index contributed by atoms with van der Waals surface area (Å²) >= 11 is 4.96. The monoisotopic (exact) mass is 534 g/mol. The van der Waals surface area contributed by atoms with Crippen LogP contribution in [0.25, 0.3) is 5.69 Å². The third-order valence-electron chi connectivity index (χ3n) is 5.75. The van der Waals surface area contributed by atoms with Gasteiger partial charge in [-0.3, -0.25) is 4.79 Å². The van der Waals surface area contributed by atoms with Crippen molar-refractivity contribution in [2.45, 2.75) is 37.7 Å². The van der Waals surface area contributed by atoms with Crippen LogP contribution in [0.3, 0.4) is 0 Å². The number of amides is 1. The summed E-state index contributed by atoms with van der Waals surface area (Å²) < 4.78 is 2.71. The number of hydrogen-bond donors (Lipinski definition) is 0. The second kappa shape index (κ2) is 9.68. The first-order chi connectivity index (χ1) is 16.5. The van der Waals surface area contributed by atoms with Crippen LogP contribution in [0.4, 0.5) is 0 Å². The third-order valence-corrected chi connectivity index (χ3v) is 7.14. The third kappa shape index (κ3) is 4.76. The number of aromatic nitrogens is 5. The number of hydrogen-bond acceptors (Lipinski definition) is 6. The van der Waals surface area contributed by atoms with Crippen molar-refractivity contribution >= 4 is 33.6 Å². The normalized spacial score (nSPS) is 13.1. The van der Waals surface area contributed by atoms with Crippen molar-refractivity contribution in [3.05, 3.63) is 93.0 Å². The summed E-state index contributed by atoms with van der Waals surface area (Å²) in [5, 5.41) is 9.40. The number of thioether (sulfide) groups is 1. The largest absolute Gasteiger partial charge is 0.333 e. The van der Waals surface area contributed by atoms with Crippen LogP contribution in [-0.2, 0) is 18.7 Å². The fraction of sp³-hybridized carbons (Fsp3) is 0.240. The lowest BCUT2D eigenvalue weighted by Crippen LogP contribution is -2.36. The van der Waals surface area contributed by atoms with Crippen molar-refractivity contribution in [2.24, 2.45) is 0 Å². The summed E-state index contributed by atoms with van der Waals surface area (Å²) in [6, 6.07) is 18.0. The molecular formula is C25H23BrN6OS. The van der Waals surface area contributed by atoms with E-state index in [9.17, 15) is 4.79 Å². The molecule has 2 aromatic heterocycles. The van der Waals surface area contributed by atoms with Gasteiger partial charge in [-0.05, 0) is 61.7 Å². The quantitative estimate of drug-likeness (QED) is 0.267. The Morgan fingerprint density at radius 3 is 2.47 bits per heavy atom. The predicted molar refractivity (Wildman–Crippen MR) is 135 cm³/mol. The molecule has 0 spiro atoms. The van der Waals surface area contributed by atoms with Gasteiger partial charge in [0.1, 0.15) is 0 Å². The highest BCUT2D eigenvalue weighted by Gasteiger charge is 2.28. The standard InChI is InChI=1S/C25H23BrN6OS/c1-16-13-17(2)28-25(27-16)34-15-22-23(29-30-32(22)21-9-7-20(26)8-10-21)24(33)31-12-11-18-5-3-4-6-19(18)14-31/h3-10,13H,11-12,14-15H2,1-2H3. The smallest absolute Gasteiger partial charge is 0.276 e. The molecule has 7 nitrogen and oxygen atoms in total. The lowest BCUT2D eigenvalue weighted by molar-refractivity contribution is 0.0727. The van der Waals surface area contributed by atoms with Crippen LogP contribution in [0.15, 0.2) is 64.2 Å². The Kier molecular flexibility index (Phi) is 6.47. The summed E-state index contributed by atoms with van der Waals surface area (Å²) in [4.78, 5) is 24.5. The Hall–Kier alpha value is -3.04. The minimum Gasteiger partial charge on any atom is -0.333 e. The minimum absolute atomic E-state index is 0.102. The van der Waals surface area contributed by atoms with Gasteiger partial charge in [-0.25, -0.2) is 14.6 Å². The van der Waals surface area contributed by atoms with Crippen LogP contribution in [0.1, 0.15) is 38.7 Å². The molecule has 0 bridgehead atoms. The molecule has 0 aliphatic carbocycles. The lowest BCUT2D eigenvalue weighted by atomic mass is 10.00. The number of benzene rings is 2. The number of carbonyl (C=O) groups excluding carboxylic acids is 1. The molecule has 172 valence electrons. The van der Waals surface area contributed by atoms with E-state index < -0.39 is 0 Å². The van der Waals surface area contributed by atoms with Gasteiger partial charge in [0, 0.05) is 34.7 Å². The second-order valence-electron chi connectivity index (χ2n) is 8.24. The van der Waals surface area contributed by atoms with Crippen molar-refractivity contribution in [1.82, 2.24) is 29.9 Å². The average Bonchev–Trinajstić information content (AvgIpc) is 3.25. The highest BCUT2D eigenvalue weighted by Crippen LogP contribution is 2.26. The van der Waals surface area contributed by atoms with Crippen LogP contribution in [0.2, 0.25) is 0 Å². The van der Waals surface area contributed by atoms with E-state index in [4.69, 9.17) is 0 Å². The number of rotatable bonds is 5. The van der Waals surface area contributed by atoms with Gasteiger partial charge in [-0.15, -0.1) is 5.10 Å². The zero-order chi connectivity index (χ0) is 23.7. The topological polar surface area (TPSA) is 76.8 Å². The molecule has 0 radical (unpaired) electrons. The number of fused-ring (bicyclic) bond motifs is 1. The van der Waals surface area contributed by atoms with Gasteiger partial charge in [0.25, 0.3) is 5.91 Å². The van der Waals surface area contributed by atoms with Crippen molar-refractivity contribution in [3.8, 4) is 5.69 Å². The maximum Gasteiger partial charge on any atom is 0.276 e. The second-order valence-corrected chi connectivity index (χ2v) is 10.1. The Bertz CT molecular complexity index is 1330. The Morgan fingerprint density at radius 1 is 1.03 bits per heavy atom. The molecular weight excluding hydrogens is 512 g/mol.